The Kier molecular flexibility index (Phi) is 21.2. The molecule has 0 saturated heterocycles. The molecule has 2 aromatic heterocycles. The zero-order valence-electron chi connectivity index (χ0n) is 36.4. The average molecular weight is 934 g/mol. The van der Waals surface area contributed by atoms with E-state index in [2.05, 4.69) is 81.9 Å². The van der Waals surface area contributed by atoms with Gasteiger partial charge in [0.2, 0.25) is 0 Å². The normalized spacial score (nSPS) is 18.3. The lowest BCUT2D eigenvalue weighted by Crippen LogP contribution is -2.26. The molecule has 6 N–H and O–H groups in total. The number of halogens is 1. The maximum Gasteiger partial charge on any atom is 0.499 e. The zero-order valence-corrected chi connectivity index (χ0v) is 39.7. The van der Waals surface area contributed by atoms with Gasteiger partial charge in [-0.05, 0) is 147 Å². The van der Waals surface area contributed by atoms with E-state index < -0.39 is 7.12 Å². The lowest BCUT2D eigenvalue weighted by molar-refractivity contribution is 0.404. The molecule has 61 heavy (non-hydrogen) atoms. The van der Waals surface area contributed by atoms with Crippen LogP contribution in [0.5, 0.6) is 23.0 Å². The van der Waals surface area contributed by atoms with Gasteiger partial charge in [0.05, 0.1) is 4.47 Å². The van der Waals surface area contributed by atoms with Gasteiger partial charge in [-0.1, -0.05) is 113 Å². The van der Waals surface area contributed by atoms with Crippen LogP contribution in [-0.2, 0) is 12.8 Å². The highest BCUT2D eigenvalue weighted by molar-refractivity contribution is 9.10. The summed E-state index contributed by atoms with van der Waals surface area (Å²) in [6, 6.07) is 11.2. The molecule has 0 bridgehead atoms. The van der Waals surface area contributed by atoms with E-state index in [4.69, 9.17) is 10.0 Å². The Hall–Kier alpha value is -3.54. The molecule has 0 aliphatic heterocycles. The van der Waals surface area contributed by atoms with Gasteiger partial charge in [0.25, 0.3) is 0 Å². The molecule has 0 saturated carbocycles. The molecule has 4 atom stereocenters. The standard InChI is InChI=1S/C25H32O2S.C21H29BrO2.C4H5BO2S.CH4/c1-5-6-7-9-18-15-21(26)24(25(27)23(18)22-10-8-13-28-22)20-14-17(4)11-12-19(20)16(2)3;1-5-6-7-8-15-12-18(23)19(21(24)20(15)22)17-11-14(4)9-10-16(17)13(2)3;6-5(7)4-2-1-3-8-4;/h8,10,13-15,19-20,26-27H,2,5-7,9,11-12H2,1,3-4H3;11-12,16-17,23-24H,2,5-10H2,1,3-4H3;1-3,6-7H;1H4/t19-,20+;16-,17+;;/m00../s1. The molecule has 0 amide bonds. The van der Waals surface area contributed by atoms with Crippen molar-refractivity contribution in [3.05, 3.63) is 121 Å². The van der Waals surface area contributed by atoms with Crippen LogP contribution in [0.2, 0.25) is 0 Å². The first-order chi connectivity index (χ1) is 28.6. The predicted octanol–water partition coefficient (Wildman–Crippen LogP) is 14.2. The van der Waals surface area contributed by atoms with Crippen LogP contribution in [0.15, 0.2) is 99.2 Å². The molecule has 10 heteroatoms. The van der Waals surface area contributed by atoms with Gasteiger partial charge in [0, 0.05) is 38.2 Å². The van der Waals surface area contributed by atoms with E-state index in [0.29, 0.717) is 15.9 Å². The third-order valence-corrected chi connectivity index (χ3v) is 14.5. The summed E-state index contributed by atoms with van der Waals surface area (Å²) in [4.78, 5) is 1.06. The molecule has 332 valence electrons. The maximum absolute atomic E-state index is 11.4. The Balaban J connectivity index is 0.000000273. The average Bonchev–Trinajstić information content (AvgIpc) is 3.94. The number of aromatic hydroxyl groups is 4. The molecule has 2 aromatic carbocycles. The first kappa shape index (κ1) is 51.8. The van der Waals surface area contributed by atoms with Crippen molar-refractivity contribution in [3.63, 3.8) is 0 Å². The summed E-state index contributed by atoms with van der Waals surface area (Å²) >= 11 is 6.52. The van der Waals surface area contributed by atoms with Crippen molar-refractivity contribution in [2.24, 2.45) is 11.8 Å². The summed E-state index contributed by atoms with van der Waals surface area (Å²) in [7, 11) is -1.30. The van der Waals surface area contributed by atoms with Crippen molar-refractivity contribution in [1.82, 2.24) is 0 Å². The summed E-state index contributed by atoms with van der Waals surface area (Å²) in [5.74, 6) is 1.29. The minimum absolute atomic E-state index is 0. The molecule has 0 radical (unpaired) electrons. The Morgan fingerprint density at radius 3 is 1.62 bits per heavy atom. The van der Waals surface area contributed by atoms with Crippen molar-refractivity contribution in [3.8, 4) is 33.4 Å². The Bertz CT molecular complexity index is 2090. The summed E-state index contributed by atoms with van der Waals surface area (Å²) in [6.45, 7) is 21.0. The van der Waals surface area contributed by atoms with Gasteiger partial charge in [-0.3, -0.25) is 0 Å². The SMILES string of the molecule is C.C=C(C)[C@@H]1CCC(C)=C[C@H]1c1c(O)cc(CCCCC)c(-c2cccs2)c1O.C=C(C)[C@@H]1CCC(C)=C[C@H]1c1c(O)cc(CCCCC)c(Br)c1O.OB(O)c1cccs1. The second-order valence-corrected chi connectivity index (χ2v) is 19.4. The lowest BCUT2D eigenvalue weighted by atomic mass is 9.73. The highest BCUT2D eigenvalue weighted by atomic mass is 79.9. The van der Waals surface area contributed by atoms with E-state index in [1.807, 2.05) is 30.5 Å². The van der Waals surface area contributed by atoms with Gasteiger partial charge in [-0.2, -0.15) is 11.3 Å². The lowest BCUT2D eigenvalue weighted by Gasteiger charge is -2.32. The van der Waals surface area contributed by atoms with E-state index in [1.165, 1.54) is 22.5 Å². The monoisotopic (exact) mass is 932 g/mol. The number of aryl methyl sites for hydroxylation is 2. The number of phenolic OH excluding ortho intramolecular Hbond substituents is 4. The van der Waals surface area contributed by atoms with Crippen LogP contribution in [0.4, 0.5) is 0 Å². The molecule has 0 unspecified atom stereocenters. The topological polar surface area (TPSA) is 121 Å². The van der Waals surface area contributed by atoms with Crippen LogP contribution in [-0.4, -0.2) is 37.6 Å². The van der Waals surface area contributed by atoms with Gasteiger partial charge in [-0.25, -0.2) is 0 Å². The fourth-order valence-electron chi connectivity index (χ4n) is 8.53. The van der Waals surface area contributed by atoms with Crippen molar-refractivity contribution in [2.75, 3.05) is 0 Å². The molecule has 2 aliphatic rings. The second kappa shape index (κ2) is 24.9. The van der Waals surface area contributed by atoms with E-state index in [9.17, 15) is 20.4 Å². The van der Waals surface area contributed by atoms with Gasteiger partial charge >= 0.3 is 7.12 Å². The molecule has 0 fully saturated rings. The third kappa shape index (κ3) is 13.7. The smallest absolute Gasteiger partial charge is 0.499 e. The largest absolute Gasteiger partial charge is 0.507 e. The molecule has 2 heterocycles. The third-order valence-electron chi connectivity index (χ3n) is 11.8. The quantitative estimate of drug-likeness (QED) is 0.0426. The van der Waals surface area contributed by atoms with Crippen molar-refractivity contribution < 1.29 is 30.5 Å². The number of rotatable bonds is 14. The summed E-state index contributed by atoms with van der Waals surface area (Å²) in [5, 5.41) is 64.6. The van der Waals surface area contributed by atoms with Crippen LogP contribution >= 0.6 is 38.6 Å². The van der Waals surface area contributed by atoms with Gasteiger partial charge in [0.1, 0.15) is 23.0 Å². The minimum atomic E-state index is -1.30. The molecule has 4 aromatic rings. The van der Waals surface area contributed by atoms with Crippen molar-refractivity contribution >= 4 is 50.5 Å². The van der Waals surface area contributed by atoms with Crippen LogP contribution in [0.3, 0.4) is 0 Å². The fourth-order valence-corrected chi connectivity index (χ4v) is 10.5. The van der Waals surface area contributed by atoms with Crippen LogP contribution < -0.4 is 4.78 Å². The summed E-state index contributed by atoms with van der Waals surface area (Å²) in [6.07, 6.45) is 17.0. The number of allylic oxidation sites excluding steroid dienone is 6. The summed E-state index contributed by atoms with van der Waals surface area (Å²) < 4.78 is 1.31. The van der Waals surface area contributed by atoms with Crippen LogP contribution in [0.25, 0.3) is 10.4 Å². The fraction of sp³-hybridized carbons (Fsp3) is 0.451. The Morgan fingerprint density at radius 1 is 0.721 bits per heavy atom. The number of benzene rings is 2. The number of hydrogen-bond donors (Lipinski definition) is 6. The first-order valence-electron chi connectivity index (χ1n) is 21.5. The molecule has 6 nitrogen and oxygen atoms in total. The number of phenols is 4. The zero-order chi connectivity index (χ0) is 44.1. The number of hydrogen-bond acceptors (Lipinski definition) is 8. The van der Waals surface area contributed by atoms with Crippen LogP contribution in [0, 0.1) is 11.8 Å². The van der Waals surface area contributed by atoms with Crippen molar-refractivity contribution in [2.45, 2.75) is 138 Å². The number of unbranched alkanes of at least 4 members (excludes halogenated alkanes) is 4. The highest BCUT2D eigenvalue weighted by Gasteiger charge is 2.33. The van der Waals surface area contributed by atoms with Gasteiger partial charge in [0.15, 0.2) is 0 Å². The minimum Gasteiger partial charge on any atom is -0.507 e. The Morgan fingerprint density at radius 2 is 1.20 bits per heavy atom. The summed E-state index contributed by atoms with van der Waals surface area (Å²) in [5.41, 5.74) is 9.04. The van der Waals surface area contributed by atoms with E-state index in [-0.39, 0.29) is 54.1 Å². The Labute approximate surface area is 383 Å². The maximum atomic E-state index is 11.4. The number of thiophene rings is 2. The first-order valence-corrected chi connectivity index (χ1v) is 24.1. The van der Waals surface area contributed by atoms with E-state index in [1.54, 1.807) is 28.8 Å². The van der Waals surface area contributed by atoms with Gasteiger partial charge in [-0.15, -0.1) is 11.3 Å². The van der Waals surface area contributed by atoms with Gasteiger partial charge < -0.3 is 30.5 Å². The highest BCUT2D eigenvalue weighted by Crippen LogP contribution is 2.52. The molecule has 6 rings (SSSR count). The van der Waals surface area contributed by atoms with E-state index in [0.717, 1.165) is 114 Å². The second-order valence-electron chi connectivity index (χ2n) is 16.7. The van der Waals surface area contributed by atoms with Crippen LogP contribution in [0.1, 0.15) is 147 Å². The molecule has 0 spiro atoms. The predicted molar refractivity (Wildman–Crippen MR) is 266 cm³/mol. The van der Waals surface area contributed by atoms with Crippen molar-refractivity contribution in [1.29, 1.82) is 0 Å². The molecular weight excluding hydrogens is 863 g/mol. The molecule has 2 aliphatic carbocycles. The molecular formula is C51H70BBrO6S2. The van der Waals surface area contributed by atoms with E-state index >= 15 is 0 Å².